The molecule has 2 bridgehead atoms. The van der Waals surface area contributed by atoms with Gasteiger partial charge in [0.25, 0.3) is 0 Å². The number of likely N-dealkylation sites (tertiary alicyclic amines) is 1. The lowest BCUT2D eigenvalue weighted by atomic mass is 9.74. The Kier molecular flexibility index (Phi) is 7.45. The number of hydrogen-bond donors (Lipinski definition) is 2. The van der Waals surface area contributed by atoms with Crippen LogP contribution in [0.4, 0.5) is 5.69 Å². The Hall–Kier alpha value is -3.16. The fourth-order valence-corrected chi connectivity index (χ4v) is 7.32. The van der Waals surface area contributed by atoms with Crippen molar-refractivity contribution in [3.8, 4) is 0 Å². The molecule has 1 spiro atoms. The first kappa shape index (κ1) is 28.0. The Morgan fingerprint density at radius 1 is 1.05 bits per heavy atom. The van der Waals surface area contributed by atoms with Crippen LogP contribution in [0.1, 0.15) is 63.5 Å². The van der Waals surface area contributed by atoms with Gasteiger partial charge in [-0.05, 0) is 60.1 Å². The third kappa shape index (κ3) is 4.97. The zero-order valence-corrected chi connectivity index (χ0v) is 24.6. The maximum absolute atomic E-state index is 14.2. The van der Waals surface area contributed by atoms with Crippen LogP contribution in [-0.4, -0.2) is 46.4 Å². The predicted octanol–water partition coefficient (Wildman–Crippen LogP) is 5.45. The molecule has 3 heterocycles. The molecule has 216 valence electrons. The topological polar surface area (TPSA) is 87.7 Å². The molecule has 0 radical (unpaired) electrons. The molecular weight excluding hydrogens is 538 g/mol. The van der Waals surface area contributed by atoms with Gasteiger partial charge in [0.2, 0.25) is 17.7 Å². The van der Waals surface area contributed by atoms with E-state index >= 15 is 0 Å². The molecule has 8 heteroatoms. The summed E-state index contributed by atoms with van der Waals surface area (Å²) in [5.74, 6) is -1.52. The van der Waals surface area contributed by atoms with Gasteiger partial charge in [-0.2, -0.15) is 0 Å². The second kappa shape index (κ2) is 10.9. The van der Waals surface area contributed by atoms with Crippen LogP contribution < -0.4 is 10.6 Å². The van der Waals surface area contributed by atoms with E-state index in [-0.39, 0.29) is 30.3 Å². The quantitative estimate of drug-likeness (QED) is 0.430. The van der Waals surface area contributed by atoms with E-state index < -0.39 is 29.6 Å². The van der Waals surface area contributed by atoms with E-state index in [2.05, 4.69) is 31.4 Å². The molecule has 1 saturated carbocycles. The molecule has 0 unspecified atom stereocenters. The summed E-state index contributed by atoms with van der Waals surface area (Å²) in [6.45, 7) is 6.63. The standard InChI is InChI=1S/C33H38ClN3O4/c1-19(2)22-10-14-24(15-11-22)35-30(38)27-26-16-17-33(41-26)28(27)32(40)37(18-21-8-12-23(34)13-9-21)29(33)31(39)36-25-7-5-4-6-20(25)3/h8-17,19-20,25-29H,4-7,18H2,1-3H3,(H,35,38)(H,36,39)/t20-,25-,26-,27+,28-,29-,33-/m0/s1. The van der Waals surface area contributed by atoms with Crippen LogP contribution in [0.5, 0.6) is 0 Å². The van der Waals surface area contributed by atoms with Gasteiger partial charge in [0.15, 0.2) is 0 Å². The molecule has 7 atom stereocenters. The summed E-state index contributed by atoms with van der Waals surface area (Å²) in [5, 5.41) is 6.89. The largest absolute Gasteiger partial charge is 0.359 e. The van der Waals surface area contributed by atoms with Crippen LogP contribution in [0.25, 0.3) is 0 Å². The second-order valence-corrected chi connectivity index (χ2v) is 12.9. The van der Waals surface area contributed by atoms with Crippen molar-refractivity contribution in [2.45, 2.75) is 82.7 Å². The Morgan fingerprint density at radius 2 is 1.76 bits per heavy atom. The van der Waals surface area contributed by atoms with Gasteiger partial charge < -0.3 is 20.3 Å². The van der Waals surface area contributed by atoms with Gasteiger partial charge in [-0.1, -0.05) is 81.6 Å². The van der Waals surface area contributed by atoms with E-state index in [1.165, 1.54) is 5.56 Å². The molecule has 4 aliphatic rings. The number of nitrogens with one attached hydrogen (secondary N) is 2. The van der Waals surface area contributed by atoms with Crippen LogP contribution in [-0.2, 0) is 25.7 Å². The van der Waals surface area contributed by atoms with E-state index in [4.69, 9.17) is 16.3 Å². The van der Waals surface area contributed by atoms with E-state index in [1.807, 2.05) is 48.6 Å². The maximum atomic E-state index is 14.2. The number of hydrogen-bond acceptors (Lipinski definition) is 4. The number of fused-ring (bicyclic) bond motifs is 1. The van der Waals surface area contributed by atoms with Crippen LogP contribution in [0, 0.1) is 17.8 Å². The Balaban J connectivity index is 1.30. The first-order chi connectivity index (χ1) is 19.7. The monoisotopic (exact) mass is 575 g/mol. The fourth-order valence-electron chi connectivity index (χ4n) is 7.19. The molecule has 3 amide bonds. The smallest absolute Gasteiger partial charge is 0.246 e. The molecule has 6 rings (SSSR count). The highest BCUT2D eigenvalue weighted by Crippen LogP contribution is 2.55. The van der Waals surface area contributed by atoms with Crippen molar-refractivity contribution in [1.82, 2.24) is 10.2 Å². The van der Waals surface area contributed by atoms with Gasteiger partial charge in [-0.15, -0.1) is 0 Å². The first-order valence-electron chi connectivity index (χ1n) is 14.8. The zero-order valence-electron chi connectivity index (χ0n) is 23.8. The summed E-state index contributed by atoms with van der Waals surface area (Å²) >= 11 is 6.11. The maximum Gasteiger partial charge on any atom is 0.246 e. The number of nitrogens with zero attached hydrogens (tertiary/aromatic N) is 1. The van der Waals surface area contributed by atoms with Crippen LogP contribution in [0.15, 0.2) is 60.7 Å². The fraction of sp³-hybridized carbons (Fsp3) is 0.485. The predicted molar refractivity (Wildman–Crippen MR) is 158 cm³/mol. The lowest BCUT2D eigenvalue weighted by molar-refractivity contribution is -0.142. The number of benzene rings is 2. The summed E-state index contributed by atoms with van der Waals surface area (Å²) in [7, 11) is 0. The highest BCUT2D eigenvalue weighted by molar-refractivity contribution is 6.30. The first-order valence-corrected chi connectivity index (χ1v) is 15.2. The van der Waals surface area contributed by atoms with Crippen molar-refractivity contribution in [2.24, 2.45) is 17.8 Å². The molecule has 41 heavy (non-hydrogen) atoms. The van der Waals surface area contributed by atoms with E-state index in [9.17, 15) is 14.4 Å². The van der Waals surface area contributed by atoms with Gasteiger partial charge >= 0.3 is 0 Å². The lowest BCUT2D eigenvalue weighted by Gasteiger charge is -2.36. The molecule has 3 aliphatic heterocycles. The average Bonchev–Trinajstić information content (AvgIpc) is 3.59. The lowest BCUT2D eigenvalue weighted by Crippen LogP contribution is -2.57. The third-order valence-electron chi connectivity index (χ3n) is 9.48. The molecule has 2 aromatic rings. The van der Waals surface area contributed by atoms with E-state index in [1.54, 1.807) is 17.0 Å². The van der Waals surface area contributed by atoms with Gasteiger partial charge in [-0.3, -0.25) is 14.4 Å². The molecule has 0 aromatic heterocycles. The normalized spacial score (nSPS) is 31.9. The molecule has 2 N–H and O–H groups in total. The number of ether oxygens (including phenoxy) is 1. The SMILES string of the molecule is CC(C)c1ccc(NC(=O)[C@@H]2[C@@H]3C=C[C@]4(O3)[C@@H]2C(=O)N(Cc2ccc(Cl)cc2)[C@H]4C(=O)N[C@H]2CCCC[C@@H]2C)cc1. The number of carbonyl (C=O) groups excluding carboxylic acids is 3. The highest BCUT2D eigenvalue weighted by atomic mass is 35.5. The van der Waals surface area contributed by atoms with Crippen molar-refractivity contribution >= 4 is 35.0 Å². The van der Waals surface area contributed by atoms with Gasteiger partial charge in [-0.25, -0.2) is 0 Å². The molecule has 7 nitrogen and oxygen atoms in total. The van der Waals surface area contributed by atoms with Crippen molar-refractivity contribution < 1.29 is 19.1 Å². The molecular formula is C33H38ClN3O4. The van der Waals surface area contributed by atoms with Crippen molar-refractivity contribution in [3.05, 3.63) is 76.8 Å². The van der Waals surface area contributed by atoms with Gasteiger partial charge in [0, 0.05) is 23.3 Å². The number of amides is 3. The number of anilines is 1. The van der Waals surface area contributed by atoms with Crippen LogP contribution in [0.3, 0.4) is 0 Å². The highest BCUT2D eigenvalue weighted by Gasteiger charge is 2.72. The van der Waals surface area contributed by atoms with Crippen molar-refractivity contribution in [3.63, 3.8) is 0 Å². The van der Waals surface area contributed by atoms with Gasteiger partial charge in [0.05, 0.1) is 17.9 Å². The summed E-state index contributed by atoms with van der Waals surface area (Å²) in [6, 6.07) is 14.2. The average molecular weight is 576 g/mol. The second-order valence-electron chi connectivity index (χ2n) is 12.4. The van der Waals surface area contributed by atoms with E-state index in [0.717, 1.165) is 31.2 Å². The van der Waals surface area contributed by atoms with Gasteiger partial charge in [0.1, 0.15) is 11.6 Å². The molecule has 3 fully saturated rings. The number of carbonyl (C=O) groups is 3. The minimum atomic E-state index is -1.19. The van der Waals surface area contributed by atoms with Crippen molar-refractivity contribution in [2.75, 3.05) is 5.32 Å². The van der Waals surface area contributed by atoms with Crippen LogP contribution in [0.2, 0.25) is 5.02 Å². The number of rotatable bonds is 7. The summed E-state index contributed by atoms with van der Waals surface area (Å²) in [6.07, 6.45) is 7.36. The zero-order chi connectivity index (χ0) is 28.9. The number of halogens is 1. The summed E-state index contributed by atoms with van der Waals surface area (Å²) in [4.78, 5) is 43.7. The summed E-state index contributed by atoms with van der Waals surface area (Å²) in [5.41, 5.74) is 1.51. The van der Waals surface area contributed by atoms with E-state index in [0.29, 0.717) is 22.5 Å². The summed E-state index contributed by atoms with van der Waals surface area (Å²) < 4.78 is 6.50. The minimum Gasteiger partial charge on any atom is -0.359 e. The minimum absolute atomic E-state index is 0.0506. The Labute approximate surface area is 246 Å². The Morgan fingerprint density at radius 3 is 2.44 bits per heavy atom. The Bertz CT molecular complexity index is 1360. The third-order valence-corrected chi connectivity index (χ3v) is 9.73. The molecule has 2 aromatic carbocycles. The van der Waals surface area contributed by atoms with Crippen LogP contribution >= 0.6 is 11.6 Å². The van der Waals surface area contributed by atoms with Crippen molar-refractivity contribution in [1.29, 1.82) is 0 Å². The molecule has 2 saturated heterocycles. The molecule has 1 aliphatic carbocycles.